The number of rotatable bonds is 3. The minimum Gasteiger partial charge on any atom is -0.492 e. The van der Waals surface area contributed by atoms with Crippen LogP contribution >= 0.6 is 11.6 Å². The summed E-state index contributed by atoms with van der Waals surface area (Å²) in [4.78, 5) is 24.7. The summed E-state index contributed by atoms with van der Waals surface area (Å²) in [6, 6.07) is 16.4. The number of benzene rings is 2. The molecule has 2 aromatic carbocycles. The topological polar surface area (TPSA) is 96.1 Å². The van der Waals surface area contributed by atoms with Crippen molar-refractivity contribution in [3.63, 3.8) is 0 Å². The van der Waals surface area contributed by atoms with Gasteiger partial charge in [0.25, 0.3) is 5.91 Å². The van der Waals surface area contributed by atoms with Gasteiger partial charge in [-0.15, -0.1) is 0 Å². The largest absolute Gasteiger partial charge is 0.492 e. The number of hydrogen-bond acceptors (Lipinski definition) is 4. The normalized spacial score (nSPS) is 15.2. The van der Waals surface area contributed by atoms with Gasteiger partial charge in [0, 0.05) is 10.6 Å². The van der Waals surface area contributed by atoms with Crippen molar-refractivity contribution in [1.82, 2.24) is 21.0 Å². The molecule has 4 rings (SSSR count). The first-order valence-electron chi connectivity index (χ1n) is 8.72. The highest BCUT2D eigenvalue weighted by atomic mass is 35.5. The van der Waals surface area contributed by atoms with Crippen LogP contribution in [-0.2, 0) is 11.2 Å². The third-order valence-electron chi connectivity index (χ3n) is 4.49. The molecular weight excluding hydrogens is 380 g/mol. The van der Waals surface area contributed by atoms with Crippen LogP contribution in [0.3, 0.4) is 0 Å². The number of nitrogens with zero attached hydrogens (tertiary/aromatic N) is 1. The Morgan fingerprint density at radius 2 is 1.93 bits per heavy atom. The van der Waals surface area contributed by atoms with Crippen molar-refractivity contribution in [3.05, 3.63) is 70.9 Å². The van der Waals surface area contributed by atoms with E-state index in [9.17, 15) is 9.59 Å². The number of halogens is 1. The summed E-state index contributed by atoms with van der Waals surface area (Å²) in [5.74, 6) is -0.513. The maximum Gasteiger partial charge on any atom is 0.287 e. The predicted octanol–water partition coefficient (Wildman–Crippen LogP) is 2.74. The Bertz CT molecular complexity index is 1020. The van der Waals surface area contributed by atoms with Crippen molar-refractivity contribution in [1.29, 1.82) is 0 Å². The first-order valence-corrected chi connectivity index (χ1v) is 9.10. The molecular formula is C20H17ClN4O3. The molecule has 0 unspecified atom stereocenters. The molecule has 0 bridgehead atoms. The van der Waals surface area contributed by atoms with Crippen LogP contribution in [0.2, 0.25) is 5.02 Å². The number of carbonyl (C=O) groups excluding carboxylic acids is 2. The Kier molecular flexibility index (Phi) is 4.99. The standard InChI is InChI=1S/C20H17ClN4O3/c21-15-6-7-18-13(9-15)8-14(11-28-18)19(26)24-25-20(27)17-10-16(22-23-17)12-4-2-1-3-5-12/h1-7,9-10,14H,8,11H2,(H,22,23)(H,24,26)(H,25,27)/t14-/m0/s1. The maximum absolute atomic E-state index is 12.4. The van der Waals surface area contributed by atoms with Gasteiger partial charge in [-0.25, -0.2) is 0 Å². The molecule has 2 amide bonds. The van der Waals surface area contributed by atoms with Crippen LogP contribution < -0.4 is 15.6 Å². The summed E-state index contributed by atoms with van der Waals surface area (Å²) in [5, 5.41) is 7.39. The number of ether oxygens (including phenoxy) is 1. The lowest BCUT2D eigenvalue weighted by Crippen LogP contribution is -2.47. The van der Waals surface area contributed by atoms with Gasteiger partial charge in [-0.2, -0.15) is 5.10 Å². The summed E-state index contributed by atoms with van der Waals surface area (Å²) in [7, 11) is 0. The lowest BCUT2D eigenvalue weighted by Gasteiger charge is -2.24. The summed E-state index contributed by atoms with van der Waals surface area (Å²) < 4.78 is 5.61. The molecule has 8 heteroatoms. The fraction of sp³-hybridized carbons (Fsp3) is 0.150. The average molecular weight is 397 g/mol. The highest BCUT2D eigenvalue weighted by molar-refractivity contribution is 6.30. The van der Waals surface area contributed by atoms with Gasteiger partial charge in [0.1, 0.15) is 18.1 Å². The van der Waals surface area contributed by atoms with E-state index in [1.54, 1.807) is 24.3 Å². The Balaban J connectivity index is 1.35. The fourth-order valence-corrected chi connectivity index (χ4v) is 3.21. The molecule has 0 radical (unpaired) electrons. The summed E-state index contributed by atoms with van der Waals surface area (Å²) in [6.45, 7) is 0.235. The summed E-state index contributed by atoms with van der Waals surface area (Å²) in [5.41, 5.74) is 7.50. The number of nitrogens with one attached hydrogen (secondary N) is 3. The van der Waals surface area contributed by atoms with Crippen LogP contribution in [0.1, 0.15) is 16.1 Å². The Labute approximate surface area is 166 Å². The van der Waals surface area contributed by atoms with Crippen LogP contribution in [-0.4, -0.2) is 28.6 Å². The van der Waals surface area contributed by atoms with Gasteiger partial charge in [-0.05, 0) is 36.2 Å². The number of fused-ring (bicyclic) bond motifs is 1. The number of hydrazine groups is 1. The van der Waals surface area contributed by atoms with E-state index in [0.717, 1.165) is 16.9 Å². The molecule has 7 nitrogen and oxygen atoms in total. The van der Waals surface area contributed by atoms with Crippen LogP contribution in [0.15, 0.2) is 54.6 Å². The SMILES string of the molecule is O=C(NNC(=O)[C@@H]1COc2ccc(Cl)cc2C1)c1cc(-c2ccccc2)n[nH]1. The third kappa shape index (κ3) is 3.84. The van der Waals surface area contributed by atoms with Gasteiger partial charge in [-0.1, -0.05) is 41.9 Å². The second-order valence-corrected chi connectivity index (χ2v) is 6.88. The van der Waals surface area contributed by atoms with Gasteiger partial charge >= 0.3 is 0 Å². The van der Waals surface area contributed by atoms with Gasteiger partial charge < -0.3 is 4.74 Å². The van der Waals surface area contributed by atoms with Crippen molar-refractivity contribution >= 4 is 23.4 Å². The second-order valence-electron chi connectivity index (χ2n) is 6.44. The van der Waals surface area contributed by atoms with E-state index >= 15 is 0 Å². The third-order valence-corrected chi connectivity index (χ3v) is 4.73. The Morgan fingerprint density at radius 1 is 1.11 bits per heavy atom. The monoisotopic (exact) mass is 396 g/mol. The zero-order valence-electron chi connectivity index (χ0n) is 14.7. The number of aromatic nitrogens is 2. The molecule has 1 aliphatic heterocycles. The Morgan fingerprint density at radius 3 is 2.75 bits per heavy atom. The first kappa shape index (κ1) is 18.1. The van der Waals surface area contributed by atoms with Crippen molar-refractivity contribution in [2.45, 2.75) is 6.42 Å². The average Bonchev–Trinajstić information content (AvgIpc) is 3.22. The molecule has 0 saturated carbocycles. The predicted molar refractivity (Wildman–Crippen MR) is 104 cm³/mol. The molecule has 0 spiro atoms. The molecule has 3 aromatic rings. The van der Waals surface area contributed by atoms with E-state index in [1.165, 1.54) is 0 Å². The molecule has 2 heterocycles. The van der Waals surface area contributed by atoms with E-state index in [0.29, 0.717) is 17.1 Å². The van der Waals surface area contributed by atoms with Crippen LogP contribution in [0.5, 0.6) is 5.75 Å². The van der Waals surface area contributed by atoms with E-state index in [-0.39, 0.29) is 18.2 Å². The zero-order chi connectivity index (χ0) is 19.5. The molecule has 3 N–H and O–H groups in total. The van der Waals surface area contributed by atoms with Crippen molar-refractivity contribution in [2.75, 3.05) is 6.61 Å². The van der Waals surface area contributed by atoms with Crippen molar-refractivity contribution < 1.29 is 14.3 Å². The summed E-state index contributed by atoms with van der Waals surface area (Å²) in [6.07, 6.45) is 0.486. The molecule has 28 heavy (non-hydrogen) atoms. The minimum absolute atomic E-state index is 0.235. The van der Waals surface area contributed by atoms with Gasteiger partial charge in [-0.3, -0.25) is 25.5 Å². The highest BCUT2D eigenvalue weighted by Gasteiger charge is 2.26. The first-order chi connectivity index (χ1) is 13.6. The molecule has 1 aliphatic rings. The van der Waals surface area contributed by atoms with Crippen molar-refractivity contribution in [3.8, 4) is 17.0 Å². The van der Waals surface area contributed by atoms with E-state index < -0.39 is 11.8 Å². The molecule has 1 atom stereocenters. The van der Waals surface area contributed by atoms with E-state index in [1.807, 2.05) is 30.3 Å². The second kappa shape index (κ2) is 7.74. The van der Waals surface area contributed by atoms with Gasteiger partial charge in [0.05, 0.1) is 11.6 Å². The molecule has 142 valence electrons. The molecule has 0 fully saturated rings. The molecule has 1 aromatic heterocycles. The van der Waals surface area contributed by atoms with Crippen LogP contribution in [0, 0.1) is 5.92 Å². The minimum atomic E-state index is -0.483. The smallest absolute Gasteiger partial charge is 0.287 e. The van der Waals surface area contributed by atoms with Gasteiger partial charge in [0.2, 0.25) is 5.91 Å². The summed E-state index contributed by atoms with van der Waals surface area (Å²) >= 11 is 6.00. The Hall–Kier alpha value is -3.32. The number of H-pyrrole nitrogens is 1. The highest BCUT2D eigenvalue weighted by Crippen LogP contribution is 2.29. The van der Waals surface area contributed by atoms with Gasteiger partial charge in [0.15, 0.2) is 0 Å². The fourth-order valence-electron chi connectivity index (χ4n) is 3.01. The lowest BCUT2D eigenvalue weighted by molar-refractivity contribution is -0.127. The maximum atomic E-state index is 12.4. The quantitative estimate of drug-likeness (QED) is 0.593. The number of carbonyl (C=O) groups is 2. The number of hydrogen-bond donors (Lipinski definition) is 3. The van der Waals surface area contributed by atoms with Crippen LogP contribution in [0.4, 0.5) is 0 Å². The number of amides is 2. The van der Waals surface area contributed by atoms with Crippen LogP contribution in [0.25, 0.3) is 11.3 Å². The van der Waals surface area contributed by atoms with E-state index in [2.05, 4.69) is 21.0 Å². The molecule has 0 saturated heterocycles. The zero-order valence-corrected chi connectivity index (χ0v) is 15.5. The van der Waals surface area contributed by atoms with Crippen molar-refractivity contribution in [2.24, 2.45) is 5.92 Å². The molecule has 0 aliphatic carbocycles. The number of aromatic amines is 1. The lowest BCUT2D eigenvalue weighted by atomic mass is 9.96. The van der Waals surface area contributed by atoms with E-state index in [4.69, 9.17) is 16.3 Å².